The quantitative estimate of drug-likeness (QED) is 0.642. The number of hydrogen-bond donors (Lipinski definition) is 1. The van der Waals surface area contributed by atoms with Crippen molar-refractivity contribution in [1.82, 2.24) is 9.55 Å². The van der Waals surface area contributed by atoms with Gasteiger partial charge in [-0.15, -0.1) is 11.3 Å². The Bertz CT molecular complexity index is 1070. The summed E-state index contributed by atoms with van der Waals surface area (Å²) in [5, 5.41) is 4.50. The molecule has 2 heterocycles. The van der Waals surface area contributed by atoms with Crippen molar-refractivity contribution in [1.29, 1.82) is 0 Å². The molecular formula is C20H21N3O4S. The van der Waals surface area contributed by atoms with E-state index in [0.29, 0.717) is 16.4 Å². The fourth-order valence-corrected chi connectivity index (χ4v) is 3.61. The average Bonchev–Trinajstić information content (AvgIpc) is 3.09. The molecule has 0 atom stereocenters. The molecule has 0 fully saturated rings. The lowest BCUT2D eigenvalue weighted by Gasteiger charge is -2.09. The molecule has 0 saturated heterocycles. The molecule has 2 aromatic heterocycles. The number of thiophene rings is 1. The lowest BCUT2D eigenvalue weighted by Crippen LogP contribution is -2.28. The molecule has 28 heavy (non-hydrogen) atoms. The summed E-state index contributed by atoms with van der Waals surface area (Å²) in [6.07, 6.45) is 1.32. The van der Waals surface area contributed by atoms with Crippen molar-refractivity contribution in [3.05, 3.63) is 57.5 Å². The number of nitrogens with one attached hydrogen (secondary N) is 1. The zero-order valence-corrected chi connectivity index (χ0v) is 16.7. The molecule has 3 rings (SSSR count). The van der Waals surface area contributed by atoms with E-state index >= 15 is 0 Å². The highest BCUT2D eigenvalue weighted by Crippen LogP contribution is 2.21. The lowest BCUT2D eigenvalue weighted by atomic mass is 10.0. The second-order valence-corrected chi connectivity index (χ2v) is 7.41. The number of fused-ring (bicyclic) bond motifs is 1. The predicted octanol–water partition coefficient (Wildman–Crippen LogP) is 3.40. The summed E-state index contributed by atoms with van der Waals surface area (Å²) >= 11 is 1.19. The van der Waals surface area contributed by atoms with Gasteiger partial charge in [0.15, 0.2) is 0 Å². The first-order valence-electron chi connectivity index (χ1n) is 8.94. The molecule has 0 saturated carbocycles. The van der Waals surface area contributed by atoms with Gasteiger partial charge in [-0.3, -0.25) is 14.2 Å². The van der Waals surface area contributed by atoms with Gasteiger partial charge in [0, 0.05) is 11.1 Å². The topological polar surface area (TPSA) is 90.3 Å². The highest BCUT2D eigenvalue weighted by molar-refractivity contribution is 7.17. The van der Waals surface area contributed by atoms with Crippen molar-refractivity contribution in [3.8, 4) is 0 Å². The molecular weight excluding hydrogens is 378 g/mol. The lowest BCUT2D eigenvalue weighted by molar-refractivity contribution is -0.116. The zero-order valence-electron chi connectivity index (χ0n) is 15.9. The van der Waals surface area contributed by atoms with Gasteiger partial charge in [-0.05, 0) is 30.5 Å². The van der Waals surface area contributed by atoms with Gasteiger partial charge >= 0.3 is 5.97 Å². The number of rotatable bonds is 6. The summed E-state index contributed by atoms with van der Waals surface area (Å²) in [6.45, 7) is 5.89. The van der Waals surface area contributed by atoms with Crippen LogP contribution in [0.3, 0.4) is 0 Å². The van der Waals surface area contributed by atoms with E-state index in [2.05, 4.69) is 24.1 Å². The zero-order chi connectivity index (χ0) is 20.3. The minimum atomic E-state index is -0.569. The third-order valence-electron chi connectivity index (χ3n) is 4.23. The van der Waals surface area contributed by atoms with Crippen LogP contribution in [0, 0.1) is 0 Å². The average molecular weight is 399 g/mol. The van der Waals surface area contributed by atoms with Gasteiger partial charge in [-0.2, -0.15) is 0 Å². The third kappa shape index (κ3) is 4.12. The van der Waals surface area contributed by atoms with Crippen molar-refractivity contribution < 1.29 is 14.3 Å². The minimum absolute atomic E-state index is 0.179. The molecule has 7 nitrogen and oxygen atoms in total. The first-order chi connectivity index (χ1) is 13.4. The SMILES string of the molecule is CCOC(=O)c1csc2ncn(CC(=O)Nc3ccc(C(C)C)cc3)c(=O)c12. The van der Waals surface area contributed by atoms with Gasteiger partial charge in [0.2, 0.25) is 5.91 Å². The van der Waals surface area contributed by atoms with Crippen molar-refractivity contribution in [2.75, 3.05) is 11.9 Å². The van der Waals surface area contributed by atoms with Crippen molar-refractivity contribution in [3.63, 3.8) is 0 Å². The second kappa shape index (κ2) is 8.35. The molecule has 0 aliphatic heterocycles. The van der Waals surface area contributed by atoms with E-state index < -0.39 is 11.5 Å². The molecule has 1 aromatic carbocycles. The van der Waals surface area contributed by atoms with Crippen LogP contribution in [0.5, 0.6) is 0 Å². The number of aromatic nitrogens is 2. The molecule has 146 valence electrons. The molecule has 1 N–H and O–H groups in total. The van der Waals surface area contributed by atoms with E-state index in [-0.39, 0.29) is 30.0 Å². The Morgan fingerprint density at radius 3 is 2.61 bits per heavy atom. The van der Waals surface area contributed by atoms with Crippen LogP contribution >= 0.6 is 11.3 Å². The number of nitrogens with zero attached hydrogens (tertiary/aromatic N) is 2. The number of hydrogen-bond acceptors (Lipinski definition) is 6. The minimum Gasteiger partial charge on any atom is -0.462 e. The van der Waals surface area contributed by atoms with E-state index in [1.807, 2.05) is 24.3 Å². The van der Waals surface area contributed by atoms with Crippen LogP contribution in [0.25, 0.3) is 10.2 Å². The van der Waals surface area contributed by atoms with Gasteiger partial charge < -0.3 is 10.1 Å². The summed E-state index contributed by atoms with van der Waals surface area (Å²) < 4.78 is 6.18. The van der Waals surface area contributed by atoms with Gasteiger partial charge in [0.25, 0.3) is 5.56 Å². The van der Waals surface area contributed by atoms with E-state index in [9.17, 15) is 14.4 Å². The van der Waals surface area contributed by atoms with E-state index in [1.54, 1.807) is 12.3 Å². The summed E-state index contributed by atoms with van der Waals surface area (Å²) in [7, 11) is 0. The van der Waals surface area contributed by atoms with E-state index in [0.717, 1.165) is 0 Å². The second-order valence-electron chi connectivity index (χ2n) is 6.55. The Morgan fingerprint density at radius 2 is 1.96 bits per heavy atom. The van der Waals surface area contributed by atoms with Gasteiger partial charge in [-0.1, -0.05) is 26.0 Å². The van der Waals surface area contributed by atoms with Gasteiger partial charge in [-0.25, -0.2) is 9.78 Å². The number of anilines is 1. The summed E-state index contributed by atoms with van der Waals surface area (Å²) in [6, 6.07) is 7.57. The van der Waals surface area contributed by atoms with Gasteiger partial charge in [0.1, 0.15) is 11.4 Å². The monoisotopic (exact) mass is 399 g/mol. The largest absolute Gasteiger partial charge is 0.462 e. The maximum Gasteiger partial charge on any atom is 0.339 e. The van der Waals surface area contributed by atoms with Crippen LogP contribution in [0.15, 0.2) is 40.8 Å². The highest BCUT2D eigenvalue weighted by atomic mass is 32.1. The number of carbonyl (C=O) groups is 2. The molecule has 0 spiro atoms. The fraction of sp³-hybridized carbons (Fsp3) is 0.300. The van der Waals surface area contributed by atoms with Crippen LogP contribution in [0.2, 0.25) is 0 Å². The first-order valence-corrected chi connectivity index (χ1v) is 9.82. The van der Waals surface area contributed by atoms with Crippen molar-refractivity contribution in [2.45, 2.75) is 33.2 Å². The Labute approximate surface area is 166 Å². The van der Waals surface area contributed by atoms with Crippen LogP contribution in [-0.2, 0) is 16.1 Å². The van der Waals surface area contributed by atoms with Gasteiger partial charge in [0.05, 0.1) is 23.9 Å². The molecule has 0 unspecified atom stereocenters. The molecule has 0 bridgehead atoms. The fourth-order valence-electron chi connectivity index (χ4n) is 2.75. The van der Waals surface area contributed by atoms with Crippen LogP contribution < -0.4 is 10.9 Å². The van der Waals surface area contributed by atoms with Crippen LogP contribution in [0.4, 0.5) is 5.69 Å². The predicted molar refractivity (Wildman–Crippen MR) is 109 cm³/mol. The maximum atomic E-state index is 12.8. The normalized spacial score (nSPS) is 11.0. The summed E-state index contributed by atoms with van der Waals surface area (Å²) in [4.78, 5) is 41.8. The highest BCUT2D eigenvalue weighted by Gasteiger charge is 2.19. The van der Waals surface area contributed by atoms with E-state index in [1.165, 1.54) is 27.8 Å². The number of benzene rings is 1. The molecule has 3 aromatic rings. The molecule has 0 aliphatic carbocycles. The standard InChI is InChI=1S/C20H21N3O4S/c1-4-27-20(26)15-10-28-18-17(15)19(25)23(11-21-18)9-16(24)22-14-7-5-13(6-8-14)12(2)3/h5-8,10-12H,4,9H2,1-3H3,(H,22,24). The Balaban J connectivity index is 1.81. The maximum absolute atomic E-state index is 12.8. The Kier molecular flexibility index (Phi) is 5.89. The molecule has 0 aliphatic rings. The Hall–Kier alpha value is -3.00. The van der Waals surface area contributed by atoms with Crippen LogP contribution in [0.1, 0.15) is 42.6 Å². The van der Waals surface area contributed by atoms with Crippen molar-refractivity contribution in [2.24, 2.45) is 0 Å². The third-order valence-corrected chi connectivity index (χ3v) is 5.12. The number of amides is 1. The number of carbonyl (C=O) groups excluding carboxylic acids is 2. The van der Waals surface area contributed by atoms with Crippen molar-refractivity contribution >= 4 is 39.1 Å². The first kappa shape index (κ1) is 19.8. The molecule has 8 heteroatoms. The summed E-state index contributed by atoms with van der Waals surface area (Å²) in [5.41, 5.74) is 1.56. The number of ether oxygens (including phenoxy) is 1. The van der Waals surface area contributed by atoms with E-state index in [4.69, 9.17) is 4.74 Å². The Morgan fingerprint density at radius 1 is 1.25 bits per heavy atom. The van der Waals surface area contributed by atoms with Crippen LogP contribution in [-0.4, -0.2) is 28.0 Å². The molecule has 0 radical (unpaired) electrons. The molecule has 1 amide bonds. The summed E-state index contributed by atoms with van der Waals surface area (Å²) in [5.74, 6) is -0.520. The number of esters is 1. The smallest absolute Gasteiger partial charge is 0.339 e.